The summed E-state index contributed by atoms with van der Waals surface area (Å²) in [5.41, 5.74) is 5.61. The highest BCUT2D eigenvalue weighted by Gasteiger charge is 2.49. The van der Waals surface area contributed by atoms with Gasteiger partial charge in [-0.1, -0.05) is 17.7 Å². The maximum atomic E-state index is 17.0. The highest BCUT2D eigenvalue weighted by molar-refractivity contribution is 7.23. The van der Waals surface area contributed by atoms with Crippen LogP contribution in [0.2, 0.25) is 5.02 Å². The van der Waals surface area contributed by atoms with E-state index in [4.69, 9.17) is 31.8 Å². The molecule has 0 bridgehead atoms. The Morgan fingerprint density at radius 3 is 2.81 bits per heavy atom. The first-order valence-electron chi connectivity index (χ1n) is 15.9. The van der Waals surface area contributed by atoms with E-state index in [1.165, 1.54) is 12.1 Å². The van der Waals surface area contributed by atoms with E-state index in [-0.39, 0.29) is 60.5 Å². The minimum absolute atomic E-state index is 0.0131. The molecule has 0 aliphatic carbocycles. The minimum Gasteiger partial charge on any atom is -0.461 e. The van der Waals surface area contributed by atoms with Crippen LogP contribution in [0.1, 0.15) is 37.7 Å². The van der Waals surface area contributed by atoms with Crippen LogP contribution in [0.15, 0.2) is 18.2 Å². The smallest absolute Gasteiger partial charge is 0.319 e. The fraction of sp³-hybridized carbons (Fsp3) is 0.485. The van der Waals surface area contributed by atoms with E-state index < -0.39 is 23.3 Å². The number of nitriles is 1. The summed E-state index contributed by atoms with van der Waals surface area (Å²) >= 11 is 7.78. The molecule has 14 heteroatoms. The van der Waals surface area contributed by atoms with Crippen LogP contribution >= 0.6 is 22.9 Å². The highest BCUT2D eigenvalue weighted by Crippen LogP contribution is 2.46. The third-order valence-electron chi connectivity index (χ3n) is 10.4. The summed E-state index contributed by atoms with van der Waals surface area (Å²) in [4.78, 5) is 13.6. The van der Waals surface area contributed by atoms with Crippen molar-refractivity contribution in [2.75, 3.05) is 63.1 Å². The summed E-state index contributed by atoms with van der Waals surface area (Å²) in [5.74, 6) is -0.836. The lowest BCUT2D eigenvalue weighted by Gasteiger charge is -2.44. The molecule has 2 aromatic heterocycles. The van der Waals surface area contributed by atoms with Gasteiger partial charge in [-0.15, -0.1) is 11.3 Å². The van der Waals surface area contributed by atoms with Gasteiger partial charge in [0.1, 0.15) is 41.0 Å². The van der Waals surface area contributed by atoms with E-state index in [0.29, 0.717) is 43.9 Å². The molecule has 4 saturated heterocycles. The van der Waals surface area contributed by atoms with E-state index in [1.54, 1.807) is 6.07 Å². The number of hydrogen-bond donors (Lipinski definition) is 2. The van der Waals surface area contributed by atoms with Crippen molar-refractivity contribution in [3.05, 3.63) is 40.4 Å². The highest BCUT2D eigenvalue weighted by atomic mass is 35.5. The Morgan fingerprint density at radius 1 is 1.21 bits per heavy atom. The summed E-state index contributed by atoms with van der Waals surface area (Å²) in [6.45, 7) is 4.81. The van der Waals surface area contributed by atoms with Gasteiger partial charge >= 0.3 is 6.01 Å². The van der Waals surface area contributed by atoms with Crippen LogP contribution in [0, 0.1) is 23.0 Å². The SMILES string of the molecule is N#Cc1c(N)sc2c(F)ccc(-c3c(Cl)cc4c(N5CCC6(CC5)CNCCO6)nc(OC[C@@]56CCCN5C[C@H](F)C6)nc4c3F)c12. The van der Waals surface area contributed by atoms with Gasteiger partial charge in [-0.25, -0.2) is 13.2 Å². The average Bonchev–Trinajstić information content (AvgIpc) is 3.71. The van der Waals surface area contributed by atoms with Crippen LogP contribution in [0.5, 0.6) is 6.01 Å². The number of morpholine rings is 1. The zero-order valence-corrected chi connectivity index (χ0v) is 27.1. The molecule has 9 nitrogen and oxygen atoms in total. The molecule has 0 unspecified atom stereocenters. The molecule has 3 N–H and O–H groups in total. The fourth-order valence-corrected chi connectivity index (χ4v) is 9.27. The first kappa shape index (κ1) is 30.9. The fourth-order valence-electron chi connectivity index (χ4n) is 8.02. The van der Waals surface area contributed by atoms with Crippen molar-refractivity contribution in [1.82, 2.24) is 20.2 Å². The quantitative estimate of drug-likeness (QED) is 0.269. The molecule has 4 aliphatic rings. The molecular formula is C33H33ClF3N7O2S. The largest absolute Gasteiger partial charge is 0.461 e. The van der Waals surface area contributed by atoms with Crippen molar-refractivity contribution in [3.8, 4) is 23.2 Å². The van der Waals surface area contributed by atoms with Crippen molar-refractivity contribution in [2.24, 2.45) is 0 Å². The number of rotatable bonds is 5. The lowest BCUT2D eigenvalue weighted by molar-refractivity contribution is -0.0800. The number of ether oxygens (including phenoxy) is 2. The molecule has 0 saturated carbocycles. The molecule has 4 aromatic rings. The Bertz CT molecular complexity index is 1940. The maximum absolute atomic E-state index is 17.0. The Morgan fingerprint density at radius 2 is 2.04 bits per heavy atom. The number of hydrogen-bond acceptors (Lipinski definition) is 10. The second kappa shape index (κ2) is 11.6. The van der Waals surface area contributed by atoms with Gasteiger partial charge in [-0.05, 0) is 49.9 Å². The Labute approximate surface area is 278 Å². The van der Waals surface area contributed by atoms with Gasteiger partial charge in [0.2, 0.25) is 0 Å². The molecule has 1 spiro atoms. The first-order chi connectivity index (χ1) is 22.7. The molecule has 4 aliphatic heterocycles. The number of nitrogens with zero attached hydrogens (tertiary/aromatic N) is 5. The molecule has 2 atom stereocenters. The number of anilines is 2. The maximum Gasteiger partial charge on any atom is 0.319 e. The van der Waals surface area contributed by atoms with Crippen molar-refractivity contribution in [3.63, 3.8) is 0 Å². The topological polar surface area (TPSA) is 113 Å². The summed E-state index contributed by atoms with van der Waals surface area (Å²) in [7, 11) is 0. The summed E-state index contributed by atoms with van der Waals surface area (Å²) in [5, 5.41) is 14.1. The molecule has 6 heterocycles. The molecule has 8 rings (SSSR count). The predicted molar refractivity (Wildman–Crippen MR) is 176 cm³/mol. The number of aromatic nitrogens is 2. The van der Waals surface area contributed by atoms with Crippen molar-refractivity contribution >= 4 is 54.7 Å². The van der Waals surface area contributed by atoms with Crippen molar-refractivity contribution in [1.29, 1.82) is 5.26 Å². The van der Waals surface area contributed by atoms with E-state index in [0.717, 1.165) is 56.7 Å². The number of nitrogen functional groups attached to an aromatic ring is 1. The van der Waals surface area contributed by atoms with E-state index in [2.05, 4.69) is 20.1 Å². The van der Waals surface area contributed by atoms with Crippen LogP contribution < -0.4 is 20.7 Å². The number of nitrogens with two attached hydrogens (primary N) is 1. The van der Waals surface area contributed by atoms with Gasteiger partial charge in [0.15, 0.2) is 5.82 Å². The molecule has 0 amide bonds. The van der Waals surface area contributed by atoms with Gasteiger partial charge in [0.05, 0.1) is 33.0 Å². The number of piperidine rings is 1. The normalized spacial score (nSPS) is 24.3. The second-order valence-electron chi connectivity index (χ2n) is 13.1. The van der Waals surface area contributed by atoms with Gasteiger partial charge in [-0.2, -0.15) is 15.2 Å². The number of halogens is 4. The Kier molecular flexibility index (Phi) is 7.64. The lowest BCUT2D eigenvalue weighted by atomic mass is 9.90. The van der Waals surface area contributed by atoms with Crippen LogP contribution in [-0.2, 0) is 4.74 Å². The average molecular weight is 684 g/mol. The standard InChI is InChI=1S/C33H33ClF3N7O2S/c34-22-12-20-27(26(37)25(22)19-2-3-23(36)28-24(19)21(14-38)29(39)47-28)41-31(45-17-32-4-1-8-44(32)15-18(35)13-32)42-30(20)43-9-5-33(6-10-43)16-40-7-11-46-33/h2-3,12,18,40H,1,4-11,13,15-17,39H2/t18-,32+/m1/s1. The summed E-state index contributed by atoms with van der Waals surface area (Å²) in [6.07, 6.45) is 2.69. The van der Waals surface area contributed by atoms with E-state index >= 15 is 4.39 Å². The van der Waals surface area contributed by atoms with Gasteiger partial charge in [0, 0.05) is 55.5 Å². The molecule has 2 aromatic carbocycles. The van der Waals surface area contributed by atoms with E-state index in [9.17, 15) is 14.0 Å². The second-order valence-corrected chi connectivity index (χ2v) is 14.5. The minimum atomic E-state index is -0.928. The third kappa shape index (κ3) is 5.07. The number of nitrogens with one attached hydrogen (secondary N) is 1. The predicted octanol–water partition coefficient (Wildman–Crippen LogP) is 5.81. The number of benzene rings is 2. The summed E-state index contributed by atoms with van der Waals surface area (Å²) < 4.78 is 58.9. The third-order valence-corrected chi connectivity index (χ3v) is 11.7. The van der Waals surface area contributed by atoms with Gasteiger partial charge in [0.25, 0.3) is 0 Å². The van der Waals surface area contributed by atoms with Crippen LogP contribution in [-0.4, -0.2) is 84.7 Å². The zero-order valence-electron chi connectivity index (χ0n) is 25.6. The monoisotopic (exact) mass is 683 g/mol. The lowest BCUT2D eigenvalue weighted by Crippen LogP contribution is -2.55. The van der Waals surface area contributed by atoms with Crippen molar-refractivity contribution in [2.45, 2.75) is 49.4 Å². The van der Waals surface area contributed by atoms with Crippen LogP contribution in [0.3, 0.4) is 0 Å². The van der Waals surface area contributed by atoms with Crippen molar-refractivity contribution < 1.29 is 22.6 Å². The number of alkyl halides is 1. The van der Waals surface area contributed by atoms with Gasteiger partial charge < -0.3 is 25.4 Å². The Balaban J connectivity index is 1.25. The zero-order chi connectivity index (χ0) is 32.5. The van der Waals surface area contributed by atoms with Crippen LogP contribution in [0.25, 0.3) is 32.1 Å². The molecule has 246 valence electrons. The molecular weight excluding hydrogens is 651 g/mol. The number of fused-ring (bicyclic) bond motifs is 3. The van der Waals surface area contributed by atoms with Gasteiger partial charge in [-0.3, -0.25) is 4.90 Å². The molecule has 0 radical (unpaired) electrons. The Hall–Kier alpha value is -3.41. The molecule has 4 fully saturated rings. The summed E-state index contributed by atoms with van der Waals surface area (Å²) in [6, 6.07) is 6.27. The first-order valence-corrected chi connectivity index (χ1v) is 17.1. The van der Waals surface area contributed by atoms with Crippen LogP contribution in [0.4, 0.5) is 24.0 Å². The molecule has 47 heavy (non-hydrogen) atoms. The number of thiophene rings is 1. The van der Waals surface area contributed by atoms with E-state index in [1.807, 2.05) is 6.07 Å².